The summed E-state index contributed by atoms with van der Waals surface area (Å²) in [6.07, 6.45) is -4.37. The van der Waals surface area contributed by atoms with Gasteiger partial charge in [-0.05, 0) is 53.0 Å². The number of Topliss-reactive ketones (excluding diaryl/α,β-unsaturated/α-hetero) is 1. The van der Waals surface area contributed by atoms with Gasteiger partial charge in [0.2, 0.25) is 5.54 Å². The van der Waals surface area contributed by atoms with Gasteiger partial charge in [-0.15, -0.1) is 0 Å². The zero-order valence-electron chi connectivity index (χ0n) is 17.2. The summed E-state index contributed by atoms with van der Waals surface area (Å²) < 4.78 is 46.3. The molecule has 11 heteroatoms. The van der Waals surface area contributed by atoms with Crippen molar-refractivity contribution in [2.45, 2.75) is 71.3 Å². The maximum atomic E-state index is 13.2. The Balaban J connectivity index is 2.46. The number of rotatable bonds is 5. The maximum absolute atomic E-state index is 13.2. The summed E-state index contributed by atoms with van der Waals surface area (Å²) >= 11 is 0. The summed E-state index contributed by atoms with van der Waals surface area (Å²) in [5, 5.41) is 10.2. The van der Waals surface area contributed by atoms with E-state index < -0.39 is 40.9 Å². The fourth-order valence-corrected chi connectivity index (χ4v) is 3.25. The zero-order chi connectivity index (χ0) is 23.2. The average Bonchev–Trinajstić information content (AvgIpc) is 3.10. The molecule has 1 aromatic heterocycles. The van der Waals surface area contributed by atoms with E-state index in [-0.39, 0.29) is 30.3 Å². The molecule has 2 heterocycles. The van der Waals surface area contributed by atoms with Crippen LogP contribution < -0.4 is 5.32 Å². The van der Waals surface area contributed by atoms with Crippen LogP contribution in [0.4, 0.5) is 13.2 Å². The van der Waals surface area contributed by atoms with Gasteiger partial charge in [0.1, 0.15) is 5.60 Å². The van der Waals surface area contributed by atoms with E-state index in [2.05, 4.69) is 0 Å². The van der Waals surface area contributed by atoms with Crippen LogP contribution in [-0.2, 0) is 27.3 Å². The zero-order valence-corrected chi connectivity index (χ0v) is 17.2. The van der Waals surface area contributed by atoms with Crippen molar-refractivity contribution < 1.29 is 42.2 Å². The largest absolute Gasteiger partial charge is 0.479 e. The summed E-state index contributed by atoms with van der Waals surface area (Å²) in [6, 6.07) is 0. The van der Waals surface area contributed by atoms with Gasteiger partial charge in [0, 0.05) is 12.2 Å². The van der Waals surface area contributed by atoms with E-state index in [1.807, 2.05) is 0 Å². The van der Waals surface area contributed by atoms with Gasteiger partial charge in [0.25, 0.3) is 11.7 Å². The molecule has 30 heavy (non-hydrogen) atoms. The number of carboxylic acid groups (broad SMARTS) is 1. The Bertz CT molecular complexity index is 926. The van der Waals surface area contributed by atoms with Crippen molar-refractivity contribution in [2.24, 2.45) is 0 Å². The van der Waals surface area contributed by atoms with Crippen LogP contribution in [0.25, 0.3) is 0 Å². The van der Waals surface area contributed by atoms with E-state index in [0.717, 1.165) is 0 Å². The number of hydrogen-bond donors (Lipinski definition) is 2. The molecule has 0 aromatic carbocycles. The van der Waals surface area contributed by atoms with Gasteiger partial charge in [-0.3, -0.25) is 9.59 Å². The number of ketones is 1. The number of esters is 1. The number of alkyl halides is 3. The first-order valence-corrected chi connectivity index (χ1v) is 9.13. The van der Waals surface area contributed by atoms with Crippen LogP contribution in [0.5, 0.6) is 0 Å². The highest BCUT2D eigenvalue weighted by Crippen LogP contribution is 2.33. The highest BCUT2D eigenvalue weighted by molar-refractivity contribution is 6.43. The molecule has 0 spiro atoms. The Morgan fingerprint density at radius 3 is 2.13 bits per heavy atom. The fraction of sp³-hybridized carbons (Fsp3) is 0.579. The number of aliphatic carboxylic acids is 1. The van der Waals surface area contributed by atoms with E-state index in [9.17, 15) is 32.3 Å². The number of nitrogens with one attached hydrogen (secondary N) is 1. The highest BCUT2D eigenvalue weighted by Gasteiger charge is 2.59. The topological polar surface area (TPSA) is 115 Å². The number of carbonyl (C=O) groups excluding carboxylic acids is 3. The minimum Gasteiger partial charge on any atom is -0.479 e. The fourth-order valence-electron chi connectivity index (χ4n) is 3.25. The van der Waals surface area contributed by atoms with E-state index in [0.29, 0.717) is 18.5 Å². The molecule has 0 aliphatic carbocycles. The molecule has 2 rings (SSSR count). The number of carboxylic acids is 1. The molecule has 1 amide bonds. The van der Waals surface area contributed by atoms with E-state index in [4.69, 9.17) is 9.84 Å². The van der Waals surface area contributed by atoms with Gasteiger partial charge in [0.05, 0.1) is 11.3 Å². The van der Waals surface area contributed by atoms with Gasteiger partial charge in [-0.1, -0.05) is 0 Å². The van der Waals surface area contributed by atoms with Crippen LogP contribution in [-0.4, -0.2) is 50.6 Å². The minimum atomic E-state index is -5.34. The maximum Gasteiger partial charge on any atom is 0.422 e. The molecule has 1 aliphatic rings. The molecule has 0 bridgehead atoms. The van der Waals surface area contributed by atoms with Crippen molar-refractivity contribution in [2.75, 3.05) is 0 Å². The van der Waals surface area contributed by atoms with E-state index >= 15 is 0 Å². The SMILES string of the molecule is Cc1c(C(=O)OC(C)(C)C)c2n(c1C(=O)C(=O)N[C@](C)(C(=O)O)C(F)(F)F)CCC2. The Kier molecular flexibility index (Phi) is 5.81. The molecule has 8 nitrogen and oxygen atoms in total. The van der Waals surface area contributed by atoms with Crippen molar-refractivity contribution in [3.63, 3.8) is 0 Å². The monoisotopic (exact) mass is 432 g/mol. The van der Waals surface area contributed by atoms with Gasteiger partial charge in [0.15, 0.2) is 0 Å². The number of hydrogen-bond acceptors (Lipinski definition) is 5. The van der Waals surface area contributed by atoms with Crippen molar-refractivity contribution in [1.82, 2.24) is 9.88 Å². The Morgan fingerprint density at radius 2 is 1.67 bits per heavy atom. The lowest BCUT2D eigenvalue weighted by Crippen LogP contribution is -2.63. The third-order valence-electron chi connectivity index (χ3n) is 4.79. The summed E-state index contributed by atoms with van der Waals surface area (Å²) in [6.45, 7) is 6.88. The molecule has 166 valence electrons. The third kappa shape index (κ3) is 4.05. The van der Waals surface area contributed by atoms with Crippen LogP contribution >= 0.6 is 0 Å². The molecule has 1 atom stereocenters. The number of nitrogens with zero attached hydrogens (tertiary/aromatic N) is 1. The first-order valence-electron chi connectivity index (χ1n) is 9.13. The van der Waals surface area contributed by atoms with Crippen LogP contribution in [0, 0.1) is 6.92 Å². The van der Waals surface area contributed by atoms with Crippen LogP contribution in [0.1, 0.15) is 66.2 Å². The number of fused-ring (bicyclic) bond motifs is 1. The van der Waals surface area contributed by atoms with Crippen molar-refractivity contribution in [3.05, 3.63) is 22.5 Å². The van der Waals surface area contributed by atoms with Crippen molar-refractivity contribution in [3.8, 4) is 0 Å². The predicted octanol–water partition coefficient (Wildman–Crippen LogP) is 2.40. The molecule has 0 radical (unpaired) electrons. The van der Waals surface area contributed by atoms with Gasteiger partial charge in [-0.25, -0.2) is 9.59 Å². The summed E-state index contributed by atoms with van der Waals surface area (Å²) in [4.78, 5) is 48.8. The number of aromatic nitrogens is 1. The molecule has 0 unspecified atom stereocenters. The second kappa shape index (κ2) is 7.44. The molecule has 0 fully saturated rings. The van der Waals surface area contributed by atoms with E-state index in [1.54, 1.807) is 20.8 Å². The molecular weight excluding hydrogens is 409 g/mol. The van der Waals surface area contributed by atoms with E-state index in [1.165, 1.54) is 16.8 Å². The predicted molar refractivity (Wildman–Crippen MR) is 97.2 cm³/mol. The van der Waals surface area contributed by atoms with Crippen molar-refractivity contribution >= 4 is 23.6 Å². The molecule has 0 saturated carbocycles. The summed E-state index contributed by atoms with van der Waals surface area (Å²) in [5.41, 5.74) is -4.08. The lowest BCUT2D eigenvalue weighted by molar-refractivity contribution is -0.206. The van der Waals surface area contributed by atoms with Gasteiger partial charge >= 0.3 is 18.1 Å². The highest BCUT2D eigenvalue weighted by atomic mass is 19.4. The summed E-state index contributed by atoms with van der Waals surface area (Å²) in [5.74, 6) is -6.16. The Labute approximate surface area is 170 Å². The van der Waals surface area contributed by atoms with Crippen LogP contribution in [0.15, 0.2) is 0 Å². The number of amides is 1. The average molecular weight is 432 g/mol. The van der Waals surface area contributed by atoms with Gasteiger partial charge < -0.3 is 19.7 Å². The number of carbonyl (C=O) groups is 4. The number of halogens is 3. The second-order valence-electron chi connectivity index (χ2n) is 8.26. The lowest BCUT2D eigenvalue weighted by atomic mass is 10.0. The normalized spacial score (nSPS) is 15.9. The van der Waals surface area contributed by atoms with Crippen LogP contribution in [0.3, 0.4) is 0 Å². The first kappa shape index (κ1) is 23.4. The smallest absolute Gasteiger partial charge is 0.422 e. The summed E-state index contributed by atoms with van der Waals surface area (Å²) in [7, 11) is 0. The minimum absolute atomic E-state index is 0.0930. The van der Waals surface area contributed by atoms with Crippen LogP contribution in [0.2, 0.25) is 0 Å². The molecule has 1 aliphatic heterocycles. The van der Waals surface area contributed by atoms with Crippen molar-refractivity contribution in [1.29, 1.82) is 0 Å². The Morgan fingerprint density at radius 1 is 1.10 bits per heavy atom. The number of ether oxygens (including phenoxy) is 1. The quantitative estimate of drug-likeness (QED) is 0.420. The lowest BCUT2D eigenvalue weighted by Gasteiger charge is -2.28. The molecule has 0 saturated heterocycles. The first-order chi connectivity index (χ1) is 13.5. The molecule has 1 aromatic rings. The second-order valence-corrected chi connectivity index (χ2v) is 8.26. The molecule has 2 N–H and O–H groups in total. The Hall–Kier alpha value is -2.85. The third-order valence-corrected chi connectivity index (χ3v) is 4.79. The molecular formula is C19H23F3N2O6. The standard InChI is InChI=1S/C19H23F3N2O6/c1-9-11(15(27)30-17(2,3)4)10-7-6-8-24(10)12(9)13(25)14(26)23-18(5,16(28)29)19(20,21)22/h6-8H2,1-5H3,(H,23,26)(H,28,29)/t18-/m1/s1. The van der Waals surface area contributed by atoms with Gasteiger partial charge in [-0.2, -0.15) is 13.2 Å².